The van der Waals surface area contributed by atoms with Gasteiger partial charge < -0.3 is 9.47 Å². The van der Waals surface area contributed by atoms with Crippen LogP contribution in [0.5, 0.6) is 0 Å². The molecule has 0 N–H and O–H groups in total. The van der Waals surface area contributed by atoms with Crippen LogP contribution in [0.15, 0.2) is 30.3 Å². The molecule has 3 nitrogen and oxygen atoms in total. The van der Waals surface area contributed by atoms with Crippen molar-refractivity contribution in [1.82, 2.24) is 0 Å². The van der Waals surface area contributed by atoms with Crippen molar-refractivity contribution < 1.29 is 14.3 Å². The second-order valence-electron chi connectivity index (χ2n) is 3.39. The van der Waals surface area contributed by atoms with Crippen molar-refractivity contribution in [2.75, 3.05) is 12.5 Å². The second kappa shape index (κ2) is 7.25. The third-order valence-corrected chi connectivity index (χ3v) is 2.26. The summed E-state index contributed by atoms with van der Waals surface area (Å²) in [5.74, 6) is -0.0945. The molecule has 16 heavy (non-hydrogen) atoms. The van der Waals surface area contributed by atoms with Crippen molar-refractivity contribution in [3.63, 3.8) is 0 Å². The molecule has 0 amide bonds. The van der Waals surface area contributed by atoms with Crippen LogP contribution in [0.25, 0.3) is 0 Å². The number of alkyl halides is 1. The van der Waals surface area contributed by atoms with Gasteiger partial charge in [0.2, 0.25) is 0 Å². The molecule has 0 aromatic heterocycles. The Bertz CT molecular complexity index is 313. The van der Waals surface area contributed by atoms with Crippen LogP contribution < -0.4 is 0 Å². The molecule has 0 radical (unpaired) electrons. The lowest BCUT2D eigenvalue weighted by Gasteiger charge is -2.14. The third-order valence-electron chi connectivity index (χ3n) is 1.92. The lowest BCUT2D eigenvalue weighted by Crippen LogP contribution is -2.23. The summed E-state index contributed by atoms with van der Waals surface area (Å²) in [7, 11) is 0. The van der Waals surface area contributed by atoms with Gasteiger partial charge in [-0.05, 0) is 5.56 Å². The van der Waals surface area contributed by atoms with Gasteiger partial charge in [0.25, 0.3) is 0 Å². The molecule has 88 valence electrons. The number of rotatable bonds is 6. The molecule has 0 fully saturated rings. The van der Waals surface area contributed by atoms with Gasteiger partial charge in [-0.2, -0.15) is 0 Å². The Labute approximate surface area is 100 Å². The first kappa shape index (κ1) is 13.0. The zero-order chi connectivity index (χ0) is 11.8. The minimum absolute atomic E-state index is 0.244. The first-order chi connectivity index (χ1) is 7.72. The van der Waals surface area contributed by atoms with Crippen LogP contribution in [0.1, 0.15) is 12.5 Å². The molecule has 0 spiro atoms. The van der Waals surface area contributed by atoms with Crippen molar-refractivity contribution in [2.24, 2.45) is 0 Å². The van der Waals surface area contributed by atoms with Crippen molar-refractivity contribution in [2.45, 2.75) is 19.6 Å². The van der Waals surface area contributed by atoms with E-state index in [1.807, 2.05) is 30.3 Å². The van der Waals surface area contributed by atoms with E-state index in [4.69, 9.17) is 21.1 Å². The molecule has 1 aromatic rings. The summed E-state index contributed by atoms with van der Waals surface area (Å²) < 4.78 is 10.4. The Morgan fingerprint density at radius 2 is 2.06 bits per heavy atom. The van der Waals surface area contributed by atoms with Gasteiger partial charge in [-0.1, -0.05) is 30.3 Å². The highest BCUT2D eigenvalue weighted by atomic mass is 35.5. The Morgan fingerprint density at radius 1 is 1.38 bits per heavy atom. The van der Waals surface area contributed by atoms with Gasteiger partial charge in [-0.3, -0.25) is 4.79 Å². The molecule has 0 aliphatic carbocycles. The van der Waals surface area contributed by atoms with E-state index in [2.05, 4.69) is 0 Å². The molecule has 1 atom stereocenters. The highest BCUT2D eigenvalue weighted by molar-refractivity contribution is 6.18. The molecule has 0 saturated carbocycles. The minimum Gasteiger partial charge on any atom is -0.459 e. The molecule has 4 heteroatoms. The number of esters is 1. The van der Waals surface area contributed by atoms with Crippen LogP contribution in [0.2, 0.25) is 0 Å². The van der Waals surface area contributed by atoms with Gasteiger partial charge in [-0.25, -0.2) is 0 Å². The van der Waals surface area contributed by atoms with Gasteiger partial charge in [0.1, 0.15) is 6.10 Å². The number of ether oxygens (including phenoxy) is 2. The number of hydrogen-bond acceptors (Lipinski definition) is 3. The van der Waals surface area contributed by atoms with E-state index >= 15 is 0 Å². The first-order valence-electron chi connectivity index (χ1n) is 5.07. The largest absolute Gasteiger partial charge is 0.459 e. The lowest BCUT2D eigenvalue weighted by atomic mass is 10.2. The summed E-state index contributed by atoms with van der Waals surface area (Å²) in [5, 5.41) is 0. The van der Waals surface area contributed by atoms with Crippen LogP contribution in [0.4, 0.5) is 0 Å². The quantitative estimate of drug-likeness (QED) is 0.568. The monoisotopic (exact) mass is 242 g/mol. The predicted molar refractivity (Wildman–Crippen MR) is 62.4 cm³/mol. The molecule has 0 unspecified atom stereocenters. The maximum atomic E-state index is 10.7. The molecule has 1 aromatic carbocycles. The maximum Gasteiger partial charge on any atom is 0.303 e. The second-order valence-corrected chi connectivity index (χ2v) is 3.70. The number of benzene rings is 1. The predicted octanol–water partition coefficient (Wildman–Crippen LogP) is 2.37. The van der Waals surface area contributed by atoms with E-state index in [-0.39, 0.29) is 18.0 Å². The van der Waals surface area contributed by atoms with Gasteiger partial charge in [0.15, 0.2) is 0 Å². The van der Waals surface area contributed by atoms with Crippen molar-refractivity contribution in [3.8, 4) is 0 Å². The van der Waals surface area contributed by atoms with Gasteiger partial charge in [0, 0.05) is 6.92 Å². The number of halogens is 1. The summed E-state index contributed by atoms with van der Waals surface area (Å²) in [5.41, 5.74) is 1.08. The van der Waals surface area contributed by atoms with Gasteiger partial charge in [0.05, 0.1) is 19.1 Å². The average molecular weight is 243 g/mol. The summed E-state index contributed by atoms with van der Waals surface area (Å²) in [4.78, 5) is 10.7. The summed E-state index contributed by atoms with van der Waals surface area (Å²) in [6.07, 6.45) is -0.372. The normalized spacial score (nSPS) is 12.1. The van der Waals surface area contributed by atoms with Crippen LogP contribution in [-0.2, 0) is 20.9 Å². The highest BCUT2D eigenvalue weighted by Gasteiger charge is 2.10. The first-order valence-corrected chi connectivity index (χ1v) is 5.60. The molecule has 0 heterocycles. The fourth-order valence-electron chi connectivity index (χ4n) is 1.23. The fourth-order valence-corrected chi connectivity index (χ4v) is 1.38. The Balaban J connectivity index is 2.26. The zero-order valence-corrected chi connectivity index (χ0v) is 9.94. The van der Waals surface area contributed by atoms with Gasteiger partial charge in [-0.15, -0.1) is 11.6 Å². The smallest absolute Gasteiger partial charge is 0.303 e. The van der Waals surface area contributed by atoms with E-state index < -0.39 is 0 Å². The standard InChI is InChI=1S/C12H15ClO3/c1-10(14)16-12(7-13)9-15-8-11-5-3-2-4-6-11/h2-6,12H,7-9H2,1H3/t12-/m0/s1. The SMILES string of the molecule is CC(=O)O[C@@H](CCl)COCc1ccccc1. The van der Waals surface area contributed by atoms with E-state index in [9.17, 15) is 4.79 Å². The maximum absolute atomic E-state index is 10.7. The third kappa shape index (κ3) is 5.14. The molecular formula is C12H15ClO3. The molecule has 0 bridgehead atoms. The van der Waals surface area contributed by atoms with Crippen LogP contribution in [0.3, 0.4) is 0 Å². The van der Waals surface area contributed by atoms with Crippen molar-refractivity contribution in [1.29, 1.82) is 0 Å². The van der Waals surface area contributed by atoms with Crippen LogP contribution >= 0.6 is 11.6 Å². The van der Waals surface area contributed by atoms with E-state index in [1.165, 1.54) is 6.92 Å². The summed E-state index contributed by atoms with van der Waals surface area (Å²) >= 11 is 5.64. The molecule has 0 aliphatic heterocycles. The number of carbonyl (C=O) groups is 1. The number of hydrogen-bond donors (Lipinski definition) is 0. The van der Waals surface area contributed by atoms with Crippen molar-refractivity contribution >= 4 is 17.6 Å². The minimum atomic E-state index is -0.372. The average Bonchev–Trinajstić information content (AvgIpc) is 2.28. The topological polar surface area (TPSA) is 35.5 Å². The summed E-state index contributed by atoms with van der Waals surface area (Å²) in [6, 6.07) is 9.79. The van der Waals surface area contributed by atoms with E-state index in [0.29, 0.717) is 13.2 Å². The molecule has 0 aliphatic rings. The Morgan fingerprint density at radius 3 is 2.62 bits per heavy atom. The number of carbonyl (C=O) groups excluding carboxylic acids is 1. The highest BCUT2D eigenvalue weighted by Crippen LogP contribution is 2.03. The van der Waals surface area contributed by atoms with E-state index in [0.717, 1.165) is 5.56 Å². The summed E-state index contributed by atoms with van der Waals surface area (Å²) in [6.45, 7) is 2.17. The zero-order valence-electron chi connectivity index (χ0n) is 9.19. The van der Waals surface area contributed by atoms with E-state index in [1.54, 1.807) is 0 Å². The van der Waals surface area contributed by atoms with Crippen molar-refractivity contribution in [3.05, 3.63) is 35.9 Å². The van der Waals surface area contributed by atoms with Crippen LogP contribution in [0, 0.1) is 0 Å². The molecule has 1 rings (SSSR count). The van der Waals surface area contributed by atoms with Gasteiger partial charge >= 0.3 is 5.97 Å². The Kier molecular flexibility index (Phi) is 5.90. The molecular weight excluding hydrogens is 228 g/mol. The van der Waals surface area contributed by atoms with Crippen LogP contribution in [-0.4, -0.2) is 24.6 Å². The fraction of sp³-hybridized carbons (Fsp3) is 0.417. The lowest BCUT2D eigenvalue weighted by molar-refractivity contribution is -0.148. The Hall–Kier alpha value is -1.06. The molecule has 0 saturated heterocycles.